The number of benzene rings is 2. The zero-order chi connectivity index (χ0) is 26.0. The molecule has 0 saturated carbocycles. The quantitative estimate of drug-likeness (QED) is 0.449. The van der Waals surface area contributed by atoms with Crippen molar-refractivity contribution in [3.05, 3.63) is 65.2 Å². The van der Waals surface area contributed by atoms with Crippen molar-refractivity contribution in [2.45, 2.75) is 66.0 Å². The van der Waals surface area contributed by atoms with E-state index in [9.17, 15) is 18.0 Å². The second-order valence-corrected chi connectivity index (χ2v) is 10.6. The lowest BCUT2D eigenvalue weighted by Gasteiger charge is -2.31. The van der Waals surface area contributed by atoms with Crippen LogP contribution in [0.15, 0.2) is 48.5 Å². The molecule has 0 aromatic heterocycles. The van der Waals surface area contributed by atoms with Crippen LogP contribution in [0.4, 0.5) is 5.69 Å². The Hall–Kier alpha value is -2.87. The van der Waals surface area contributed by atoms with Crippen molar-refractivity contribution in [3.8, 4) is 0 Å². The van der Waals surface area contributed by atoms with Crippen LogP contribution < -0.4 is 9.62 Å². The molecule has 0 fully saturated rings. The van der Waals surface area contributed by atoms with E-state index in [2.05, 4.69) is 5.32 Å². The van der Waals surface area contributed by atoms with E-state index >= 15 is 0 Å². The van der Waals surface area contributed by atoms with E-state index in [-0.39, 0.29) is 24.8 Å². The molecule has 2 aromatic carbocycles. The molecule has 1 N–H and O–H groups in total. The zero-order valence-electron chi connectivity index (χ0n) is 21.6. The molecule has 2 aromatic rings. The molecule has 35 heavy (non-hydrogen) atoms. The third-order valence-corrected chi connectivity index (χ3v) is 7.32. The minimum atomic E-state index is -3.51. The maximum atomic E-state index is 13.4. The minimum Gasteiger partial charge on any atom is -0.355 e. The van der Waals surface area contributed by atoms with Crippen LogP contribution in [0.2, 0.25) is 0 Å². The predicted octanol–water partition coefficient (Wildman–Crippen LogP) is 4.05. The summed E-state index contributed by atoms with van der Waals surface area (Å²) in [4.78, 5) is 27.8. The number of hydrogen-bond donors (Lipinski definition) is 1. The summed E-state index contributed by atoms with van der Waals surface area (Å²) in [5.41, 5.74) is 3.75. The van der Waals surface area contributed by atoms with Crippen LogP contribution in [-0.4, -0.2) is 50.5 Å². The van der Waals surface area contributed by atoms with E-state index in [0.717, 1.165) is 23.1 Å². The maximum Gasteiger partial charge on any atom is 0.242 e. The molecule has 0 aliphatic carbocycles. The monoisotopic (exact) mass is 501 g/mol. The SMILES string of the molecule is CCNC(=O)C(CC)N(Cc1ccccc1C)C(=O)CCCN(c1ccc(CC)cc1)S(C)(=O)=O. The number of hydrogen-bond acceptors (Lipinski definition) is 4. The first-order valence-electron chi connectivity index (χ1n) is 12.3. The van der Waals surface area contributed by atoms with E-state index in [1.807, 2.05) is 64.1 Å². The number of aryl methyl sites for hydroxylation is 2. The molecule has 2 rings (SSSR count). The molecule has 1 unspecified atom stereocenters. The van der Waals surface area contributed by atoms with Gasteiger partial charge < -0.3 is 10.2 Å². The summed E-state index contributed by atoms with van der Waals surface area (Å²) in [6.07, 6.45) is 3.02. The van der Waals surface area contributed by atoms with Crippen LogP contribution in [0, 0.1) is 6.92 Å². The van der Waals surface area contributed by atoms with E-state index in [0.29, 0.717) is 31.6 Å². The summed E-state index contributed by atoms with van der Waals surface area (Å²) in [5, 5.41) is 2.84. The molecule has 0 saturated heterocycles. The van der Waals surface area contributed by atoms with Gasteiger partial charge in [-0.15, -0.1) is 0 Å². The average molecular weight is 502 g/mol. The fraction of sp³-hybridized carbons (Fsp3) is 0.481. The molecule has 0 aliphatic rings. The smallest absolute Gasteiger partial charge is 0.242 e. The Morgan fingerprint density at radius 2 is 1.66 bits per heavy atom. The molecule has 2 amide bonds. The Morgan fingerprint density at radius 3 is 2.20 bits per heavy atom. The number of carbonyl (C=O) groups is 2. The lowest BCUT2D eigenvalue weighted by Crippen LogP contribution is -2.49. The Kier molecular flexibility index (Phi) is 10.8. The fourth-order valence-corrected chi connectivity index (χ4v) is 5.05. The van der Waals surface area contributed by atoms with Gasteiger partial charge in [0.2, 0.25) is 21.8 Å². The summed E-state index contributed by atoms with van der Waals surface area (Å²) >= 11 is 0. The third-order valence-electron chi connectivity index (χ3n) is 6.12. The second-order valence-electron chi connectivity index (χ2n) is 8.73. The van der Waals surface area contributed by atoms with Crippen LogP contribution in [0.5, 0.6) is 0 Å². The molecule has 0 heterocycles. The van der Waals surface area contributed by atoms with Gasteiger partial charge in [0.25, 0.3) is 0 Å². The molecule has 0 aliphatic heterocycles. The Bertz CT molecular complexity index is 1080. The highest BCUT2D eigenvalue weighted by molar-refractivity contribution is 7.92. The normalized spacial score (nSPS) is 12.1. The fourth-order valence-electron chi connectivity index (χ4n) is 4.08. The first kappa shape index (κ1) is 28.4. The van der Waals surface area contributed by atoms with Gasteiger partial charge in [-0.3, -0.25) is 13.9 Å². The van der Waals surface area contributed by atoms with Gasteiger partial charge in [0.05, 0.1) is 11.9 Å². The van der Waals surface area contributed by atoms with Crippen LogP contribution in [0.1, 0.15) is 56.7 Å². The van der Waals surface area contributed by atoms with Crippen LogP contribution in [0.3, 0.4) is 0 Å². The van der Waals surface area contributed by atoms with Gasteiger partial charge in [-0.25, -0.2) is 8.42 Å². The highest BCUT2D eigenvalue weighted by Gasteiger charge is 2.28. The number of carbonyl (C=O) groups excluding carboxylic acids is 2. The van der Waals surface area contributed by atoms with Crippen molar-refractivity contribution in [1.82, 2.24) is 10.2 Å². The van der Waals surface area contributed by atoms with Gasteiger partial charge in [0.15, 0.2) is 0 Å². The number of anilines is 1. The van der Waals surface area contributed by atoms with Crippen molar-refractivity contribution in [2.24, 2.45) is 0 Å². The van der Waals surface area contributed by atoms with Crippen molar-refractivity contribution in [3.63, 3.8) is 0 Å². The molecule has 1 atom stereocenters. The van der Waals surface area contributed by atoms with Gasteiger partial charge in [-0.1, -0.05) is 50.2 Å². The molecule has 0 spiro atoms. The van der Waals surface area contributed by atoms with Crippen molar-refractivity contribution >= 4 is 27.5 Å². The molecule has 192 valence electrons. The molecular weight excluding hydrogens is 462 g/mol. The second kappa shape index (κ2) is 13.3. The topological polar surface area (TPSA) is 86.8 Å². The van der Waals surface area contributed by atoms with Crippen LogP contribution in [0.25, 0.3) is 0 Å². The largest absolute Gasteiger partial charge is 0.355 e. The van der Waals surface area contributed by atoms with Gasteiger partial charge in [-0.05, 0) is 61.9 Å². The van der Waals surface area contributed by atoms with E-state index in [1.165, 1.54) is 10.6 Å². The number of sulfonamides is 1. The van der Waals surface area contributed by atoms with Crippen molar-refractivity contribution in [2.75, 3.05) is 23.7 Å². The Morgan fingerprint density at radius 1 is 1.00 bits per heavy atom. The number of likely N-dealkylation sites (N-methyl/N-ethyl adjacent to an activating group) is 1. The van der Waals surface area contributed by atoms with Crippen LogP contribution >= 0.6 is 0 Å². The highest BCUT2D eigenvalue weighted by atomic mass is 32.2. The number of amides is 2. The van der Waals surface area contributed by atoms with Gasteiger partial charge in [0.1, 0.15) is 6.04 Å². The third kappa shape index (κ3) is 8.09. The molecule has 0 bridgehead atoms. The van der Waals surface area contributed by atoms with Gasteiger partial charge >= 0.3 is 0 Å². The predicted molar refractivity (Wildman–Crippen MR) is 142 cm³/mol. The standard InChI is InChI=1S/C27H39N3O4S/c1-6-22-15-17-24(18-16-22)30(35(5,33)34)19-11-14-26(31)29(25(7-2)27(32)28-8-3)20-23-13-10-9-12-21(23)4/h9-10,12-13,15-18,25H,6-8,11,14,19-20H2,1-5H3,(H,28,32). The van der Waals surface area contributed by atoms with Crippen molar-refractivity contribution < 1.29 is 18.0 Å². The van der Waals surface area contributed by atoms with Crippen molar-refractivity contribution in [1.29, 1.82) is 0 Å². The summed E-state index contributed by atoms with van der Waals surface area (Å²) < 4.78 is 26.3. The summed E-state index contributed by atoms with van der Waals surface area (Å²) in [6, 6.07) is 14.7. The van der Waals surface area contributed by atoms with E-state index in [4.69, 9.17) is 0 Å². The Balaban J connectivity index is 2.20. The van der Waals surface area contributed by atoms with Gasteiger partial charge in [-0.2, -0.15) is 0 Å². The lowest BCUT2D eigenvalue weighted by atomic mass is 10.1. The van der Waals surface area contributed by atoms with E-state index in [1.54, 1.807) is 17.0 Å². The highest BCUT2D eigenvalue weighted by Crippen LogP contribution is 2.21. The lowest BCUT2D eigenvalue weighted by molar-refractivity contribution is -0.141. The average Bonchev–Trinajstić information content (AvgIpc) is 2.82. The first-order chi connectivity index (χ1) is 16.6. The zero-order valence-corrected chi connectivity index (χ0v) is 22.4. The number of nitrogens with zero attached hydrogens (tertiary/aromatic N) is 2. The summed E-state index contributed by atoms with van der Waals surface area (Å²) in [6.45, 7) is 8.78. The Labute approximate surface area is 210 Å². The molecule has 7 nitrogen and oxygen atoms in total. The minimum absolute atomic E-state index is 0.140. The van der Waals surface area contributed by atoms with E-state index < -0.39 is 16.1 Å². The van der Waals surface area contributed by atoms with Crippen LogP contribution in [-0.2, 0) is 32.6 Å². The number of nitrogens with one attached hydrogen (secondary N) is 1. The first-order valence-corrected chi connectivity index (χ1v) is 14.1. The number of rotatable bonds is 13. The molecule has 8 heteroatoms. The maximum absolute atomic E-state index is 13.4. The summed E-state index contributed by atoms with van der Waals surface area (Å²) in [7, 11) is -3.51. The molecule has 0 radical (unpaired) electrons. The summed E-state index contributed by atoms with van der Waals surface area (Å²) in [5.74, 6) is -0.341. The molecular formula is C27H39N3O4S. The van der Waals surface area contributed by atoms with Gasteiger partial charge in [0, 0.05) is 26.1 Å².